The summed E-state index contributed by atoms with van der Waals surface area (Å²) in [6.45, 7) is 6.80. The Bertz CT molecular complexity index is 2410. The van der Waals surface area contributed by atoms with Crippen molar-refractivity contribution in [2.45, 2.75) is 26.2 Å². The molecule has 0 unspecified atom stereocenters. The number of fused-ring (bicyclic) bond motifs is 1. The zero-order valence-corrected chi connectivity index (χ0v) is 29.4. The van der Waals surface area contributed by atoms with Crippen molar-refractivity contribution in [2.24, 2.45) is 0 Å². The molecular formula is C50H41N. The smallest absolute Gasteiger partial charge is 0.0540 e. The second kappa shape index (κ2) is 13.6. The van der Waals surface area contributed by atoms with E-state index >= 15 is 0 Å². The lowest BCUT2D eigenvalue weighted by molar-refractivity contribution is 0.590. The van der Waals surface area contributed by atoms with Gasteiger partial charge in [0.2, 0.25) is 0 Å². The van der Waals surface area contributed by atoms with Crippen LogP contribution in [-0.4, -0.2) is 0 Å². The fourth-order valence-corrected chi connectivity index (χ4v) is 7.22. The Morgan fingerprint density at radius 2 is 0.784 bits per heavy atom. The van der Waals surface area contributed by atoms with Crippen LogP contribution in [0.2, 0.25) is 0 Å². The van der Waals surface area contributed by atoms with E-state index in [0.29, 0.717) is 0 Å². The van der Waals surface area contributed by atoms with Crippen LogP contribution in [0.3, 0.4) is 0 Å². The summed E-state index contributed by atoms with van der Waals surface area (Å²) in [4.78, 5) is 2.45. The van der Waals surface area contributed by atoms with Crippen LogP contribution in [-0.2, 0) is 5.41 Å². The fraction of sp³-hybridized carbons (Fsp3) is 0.0800. The highest BCUT2D eigenvalue weighted by Crippen LogP contribution is 2.47. The molecular weight excluding hydrogens is 615 g/mol. The van der Waals surface area contributed by atoms with Crippen molar-refractivity contribution in [3.05, 3.63) is 200 Å². The van der Waals surface area contributed by atoms with E-state index in [1.807, 2.05) is 0 Å². The Morgan fingerprint density at radius 1 is 0.333 bits per heavy atom. The molecule has 246 valence electrons. The van der Waals surface area contributed by atoms with Crippen molar-refractivity contribution in [2.75, 3.05) is 4.90 Å². The maximum absolute atomic E-state index is 2.45. The number of benzene rings is 8. The van der Waals surface area contributed by atoms with E-state index in [0.717, 1.165) is 17.1 Å². The summed E-state index contributed by atoms with van der Waals surface area (Å²) in [6.07, 6.45) is 0. The molecule has 8 rings (SSSR count). The number of hydrogen-bond acceptors (Lipinski definition) is 1. The first-order valence-corrected chi connectivity index (χ1v) is 17.8. The zero-order chi connectivity index (χ0) is 34.8. The monoisotopic (exact) mass is 655 g/mol. The van der Waals surface area contributed by atoms with Gasteiger partial charge in [-0.15, -0.1) is 0 Å². The summed E-state index contributed by atoms with van der Waals surface area (Å²) in [7, 11) is 0. The highest BCUT2D eigenvalue weighted by molar-refractivity contribution is 6.09. The van der Waals surface area contributed by atoms with Crippen LogP contribution in [0.5, 0.6) is 0 Å². The molecule has 0 amide bonds. The predicted molar refractivity (Wildman–Crippen MR) is 219 cm³/mol. The van der Waals surface area contributed by atoms with E-state index in [9.17, 15) is 0 Å². The summed E-state index contributed by atoms with van der Waals surface area (Å²) < 4.78 is 0. The summed E-state index contributed by atoms with van der Waals surface area (Å²) in [5.41, 5.74) is 14.4. The molecule has 51 heavy (non-hydrogen) atoms. The van der Waals surface area contributed by atoms with Crippen molar-refractivity contribution in [3.8, 4) is 44.5 Å². The lowest BCUT2D eigenvalue weighted by atomic mass is 9.86. The predicted octanol–water partition coefficient (Wildman–Crippen LogP) is 14.3. The van der Waals surface area contributed by atoms with E-state index in [1.54, 1.807) is 0 Å². The standard InChI is InChI=1S/C50H41N/c1-50(2,3)41-32-28-39(29-33-41)43-22-10-12-26-47(43)51(42-34-30-37(31-35-42)36-16-6-4-7-17-36)48-27-13-11-23-45(48)46-25-15-21-40-20-14-24-44(49(40)46)38-18-8-5-9-19-38/h4-35H,1-3H3. The van der Waals surface area contributed by atoms with Gasteiger partial charge in [0.25, 0.3) is 0 Å². The average Bonchev–Trinajstić information content (AvgIpc) is 3.19. The Labute approximate surface area is 302 Å². The molecule has 0 heterocycles. The van der Waals surface area contributed by atoms with Gasteiger partial charge in [-0.2, -0.15) is 0 Å². The minimum atomic E-state index is 0.0839. The van der Waals surface area contributed by atoms with Crippen LogP contribution in [0.4, 0.5) is 17.1 Å². The molecule has 0 aromatic heterocycles. The lowest BCUT2D eigenvalue weighted by Crippen LogP contribution is -2.13. The van der Waals surface area contributed by atoms with Gasteiger partial charge in [0.15, 0.2) is 0 Å². The van der Waals surface area contributed by atoms with Crippen molar-refractivity contribution >= 4 is 27.8 Å². The minimum Gasteiger partial charge on any atom is -0.309 e. The molecule has 0 N–H and O–H groups in total. The highest BCUT2D eigenvalue weighted by Gasteiger charge is 2.22. The SMILES string of the molecule is CC(C)(C)c1ccc(-c2ccccc2N(c2ccc(-c3ccccc3)cc2)c2ccccc2-c2cccc3cccc(-c4ccccc4)c23)cc1. The zero-order valence-electron chi connectivity index (χ0n) is 29.4. The maximum Gasteiger partial charge on any atom is 0.0540 e. The normalized spacial score (nSPS) is 11.4. The number of hydrogen-bond donors (Lipinski definition) is 0. The second-order valence-corrected chi connectivity index (χ2v) is 14.2. The first-order valence-electron chi connectivity index (χ1n) is 17.8. The van der Waals surface area contributed by atoms with E-state index in [2.05, 4.69) is 220 Å². The van der Waals surface area contributed by atoms with Gasteiger partial charge in [0, 0.05) is 16.8 Å². The number of para-hydroxylation sites is 2. The topological polar surface area (TPSA) is 3.24 Å². The first-order chi connectivity index (χ1) is 25.0. The Kier molecular flexibility index (Phi) is 8.56. The molecule has 8 aromatic rings. The average molecular weight is 656 g/mol. The first kappa shape index (κ1) is 32.0. The van der Waals surface area contributed by atoms with Crippen LogP contribution < -0.4 is 4.90 Å². The molecule has 0 saturated carbocycles. The van der Waals surface area contributed by atoms with Crippen molar-refractivity contribution in [1.29, 1.82) is 0 Å². The molecule has 0 aliphatic rings. The van der Waals surface area contributed by atoms with E-state index in [4.69, 9.17) is 0 Å². The quantitative estimate of drug-likeness (QED) is 0.165. The molecule has 0 radical (unpaired) electrons. The Balaban J connectivity index is 1.36. The molecule has 0 aliphatic heterocycles. The third-order valence-corrected chi connectivity index (χ3v) is 9.86. The van der Waals surface area contributed by atoms with E-state index < -0.39 is 0 Å². The van der Waals surface area contributed by atoms with Crippen LogP contribution >= 0.6 is 0 Å². The van der Waals surface area contributed by atoms with E-state index in [1.165, 1.54) is 60.8 Å². The van der Waals surface area contributed by atoms with Crippen LogP contribution in [0.25, 0.3) is 55.3 Å². The maximum atomic E-state index is 2.45. The van der Waals surface area contributed by atoms with Gasteiger partial charge in [-0.1, -0.05) is 191 Å². The fourth-order valence-electron chi connectivity index (χ4n) is 7.22. The Morgan fingerprint density at radius 3 is 1.41 bits per heavy atom. The Hall–Kier alpha value is -6.18. The molecule has 0 bridgehead atoms. The molecule has 1 nitrogen and oxygen atoms in total. The van der Waals surface area contributed by atoms with Crippen molar-refractivity contribution < 1.29 is 0 Å². The van der Waals surface area contributed by atoms with Crippen molar-refractivity contribution in [3.63, 3.8) is 0 Å². The minimum absolute atomic E-state index is 0.0839. The van der Waals surface area contributed by atoms with Gasteiger partial charge < -0.3 is 4.90 Å². The third kappa shape index (κ3) is 6.35. The summed E-state index contributed by atoms with van der Waals surface area (Å²) in [6, 6.07) is 70.5. The third-order valence-electron chi connectivity index (χ3n) is 9.86. The van der Waals surface area contributed by atoms with Gasteiger partial charge >= 0.3 is 0 Å². The van der Waals surface area contributed by atoms with Crippen molar-refractivity contribution in [1.82, 2.24) is 0 Å². The summed E-state index contributed by atoms with van der Waals surface area (Å²) in [5, 5.41) is 2.48. The molecule has 0 fully saturated rings. The van der Waals surface area contributed by atoms with Gasteiger partial charge in [-0.05, 0) is 79.4 Å². The van der Waals surface area contributed by atoms with E-state index in [-0.39, 0.29) is 5.41 Å². The van der Waals surface area contributed by atoms with Crippen LogP contribution in [0, 0.1) is 0 Å². The molecule has 0 aliphatic carbocycles. The van der Waals surface area contributed by atoms with Gasteiger partial charge in [0.1, 0.15) is 0 Å². The van der Waals surface area contributed by atoms with Gasteiger partial charge in [0.05, 0.1) is 11.4 Å². The number of nitrogens with zero attached hydrogens (tertiary/aromatic N) is 1. The van der Waals surface area contributed by atoms with Crippen LogP contribution in [0.1, 0.15) is 26.3 Å². The molecule has 0 saturated heterocycles. The van der Waals surface area contributed by atoms with Gasteiger partial charge in [-0.3, -0.25) is 0 Å². The second-order valence-electron chi connectivity index (χ2n) is 14.2. The summed E-state index contributed by atoms with van der Waals surface area (Å²) >= 11 is 0. The lowest BCUT2D eigenvalue weighted by Gasteiger charge is -2.30. The summed E-state index contributed by atoms with van der Waals surface area (Å²) in [5.74, 6) is 0. The molecule has 0 atom stereocenters. The highest BCUT2D eigenvalue weighted by atomic mass is 15.1. The largest absolute Gasteiger partial charge is 0.309 e. The van der Waals surface area contributed by atoms with Crippen LogP contribution in [0.15, 0.2) is 194 Å². The van der Waals surface area contributed by atoms with Gasteiger partial charge in [-0.25, -0.2) is 0 Å². The molecule has 1 heteroatoms. The number of rotatable bonds is 7. The number of anilines is 3. The molecule has 0 spiro atoms. The molecule has 8 aromatic carbocycles.